The maximum atomic E-state index is 6.51. The average Bonchev–Trinajstić information content (AvgIpc) is 3.58. The van der Waals surface area contributed by atoms with E-state index in [2.05, 4.69) is 50.2 Å². The van der Waals surface area contributed by atoms with Crippen molar-refractivity contribution in [3.8, 4) is 22.5 Å². The number of hydrogen-bond donors (Lipinski definition) is 2. The SMILES string of the molecule is Cc1sc(C2(CN)CCOCC2)nc1-c1ccccc1.Cc1sc(C2(N)CCOCC2)nc1-c1ccccc1.[AlH3].[H-].[Li+]. The van der Waals surface area contributed by atoms with Crippen LogP contribution in [0.1, 0.15) is 46.9 Å². The Hall–Kier alpha value is -1.33. The van der Waals surface area contributed by atoms with Gasteiger partial charge in [0.05, 0.1) is 16.9 Å². The number of benzene rings is 2. The van der Waals surface area contributed by atoms with Gasteiger partial charge in [0.1, 0.15) is 10.0 Å². The second-order valence-corrected chi connectivity index (χ2v) is 12.9. The van der Waals surface area contributed by atoms with E-state index in [0.717, 1.165) is 74.1 Å². The van der Waals surface area contributed by atoms with E-state index < -0.39 is 0 Å². The normalized spacial score (nSPS) is 17.4. The van der Waals surface area contributed by atoms with Gasteiger partial charge in [0.15, 0.2) is 17.4 Å². The molecule has 0 radical (unpaired) electrons. The summed E-state index contributed by atoms with van der Waals surface area (Å²) in [6, 6.07) is 20.7. The number of rotatable bonds is 5. The van der Waals surface area contributed by atoms with Gasteiger partial charge in [0, 0.05) is 59.3 Å². The quantitative estimate of drug-likeness (QED) is 0.341. The zero-order valence-corrected chi connectivity index (χ0v) is 25.5. The molecule has 2 saturated heterocycles. The third kappa shape index (κ3) is 7.80. The van der Waals surface area contributed by atoms with E-state index in [1.807, 2.05) is 24.3 Å². The van der Waals surface area contributed by atoms with E-state index in [4.69, 9.17) is 30.9 Å². The molecule has 2 aliphatic rings. The van der Waals surface area contributed by atoms with E-state index >= 15 is 0 Å². The molecule has 2 aromatic carbocycles. The second-order valence-electron chi connectivity index (χ2n) is 10.4. The first kappa shape index (κ1) is 34.2. The monoisotopic (exact) mass is 600 g/mol. The Bertz CT molecular complexity index is 1360. The zero-order chi connectivity index (χ0) is 27.3. The molecular weight excluding hydrogens is 558 g/mol. The third-order valence-electron chi connectivity index (χ3n) is 7.79. The molecule has 0 aliphatic carbocycles. The van der Waals surface area contributed by atoms with Crippen LogP contribution < -0.4 is 30.3 Å². The predicted molar refractivity (Wildman–Crippen MR) is 172 cm³/mol. The fourth-order valence-corrected chi connectivity index (χ4v) is 7.46. The Kier molecular flexibility index (Phi) is 12.8. The number of ether oxygens (including phenoxy) is 2. The number of thiazole rings is 2. The molecule has 41 heavy (non-hydrogen) atoms. The van der Waals surface area contributed by atoms with E-state index in [9.17, 15) is 0 Å². The van der Waals surface area contributed by atoms with Crippen molar-refractivity contribution in [2.75, 3.05) is 33.0 Å². The Labute approximate surface area is 276 Å². The first-order valence-corrected chi connectivity index (χ1v) is 15.3. The first-order valence-electron chi connectivity index (χ1n) is 13.7. The van der Waals surface area contributed by atoms with E-state index in [1.54, 1.807) is 22.7 Å². The van der Waals surface area contributed by atoms with Crippen molar-refractivity contribution in [2.24, 2.45) is 11.5 Å². The molecule has 0 bridgehead atoms. The molecule has 4 N–H and O–H groups in total. The minimum atomic E-state index is -0.305. The molecule has 4 aromatic rings. The largest absolute Gasteiger partial charge is 1.00 e. The molecule has 0 unspecified atom stereocenters. The third-order valence-corrected chi connectivity index (χ3v) is 10.2. The number of nitrogens with two attached hydrogens (primary N) is 2. The van der Waals surface area contributed by atoms with Gasteiger partial charge in [0.25, 0.3) is 0 Å². The maximum Gasteiger partial charge on any atom is 1.00 e. The van der Waals surface area contributed by atoms with Crippen molar-refractivity contribution in [3.63, 3.8) is 0 Å². The van der Waals surface area contributed by atoms with E-state index in [1.165, 1.54) is 20.3 Å². The number of nitrogens with zero attached hydrogens (tertiary/aromatic N) is 2. The van der Waals surface area contributed by atoms with Crippen molar-refractivity contribution in [1.82, 2.24) is 9.97 Å². The van der Waals surface area contributed by atoms with Crippen molar-refractivity contribution in [3.05, 3.63) is 80.4 Å². The van der Waals surface area contributed by atoms with Gasteiger partial charge in [-0.1, -0.05) is 60.7 Å². The van der Waals surface area contributed by atoms with Crippen LogP contribution in [0, 0.1) is 13.8 Å². The summed E-state index contributed by atoms with van der Waals surface area (Å²) in [4.78, 5) is 12.2. The van der Waals surface area contributed by atoms with Crippen LogP contribution in [0.25, 0.3) is 22.5 Å². The summed E-state index contributed by atoms with van der Waals surface area (Å²) < 4.78 is 10.9. The van der Waals surface area contributed by atoms with E-state index in [-0.39, 0.29) is 48.6 Å². The molecule has 2 fully saturated rings. The molecule has 0 saturated carbocycles. The predicted octanol–water partition coefficient (Wildman–Crippen LogP) is 2.14. The zero-order valence-electron chi connectivity index (χ0n) is 24.8. The summed E-state index contributed by atoms with van der Waals surface area (Å²) in [5.41, 5.74) is 16.8. The van der Waals surface area contributed by atoms with Crippen molar-refractivity contribution in [2.45, 2.75) is 50.5 Å². The molecule has 2 aromatic heterocycles. The summed E-state index contributed by atoms with van der Waals surface area (Å²) in [7, 11) is 0. The number of aryl methyl sites for hydroxylation is 2. The van der Waals surface area contributed by atoms with Crippen LogP contribution in [0.3, 0.4) is 0 Å². The van der Waals surface area contributed by atoms with E-state index in [0.29, 0.717) is 6.54 Å². The van der Waals surface area contributed by atoms with Crippen LogP contribution in [-0.4, -0.2) is 60.3 Å². The fourth-order valence-electron chi connectivity index (χ4n) is 5.18. The van der Waals surface area contributed by atoms with Gasteiger partial charge in [-0.15, -0.1) is 22.7 Å². The fraction of sp³-hybridized carbons (Fsp3) is 0.419. The smallest absolute Gasteiger partial charge is 1.00 e. The molecular formula is C31H42AlLiN4O2S2. The van der Waals surface area contributed by atoms with Crippen molar-refractivity contribution >= 4 is 40.0 Å². The molecule has 2 aliphatic heterocycles. The van der Waals surface area contributed by atoms with Crippen LogP contribution in [0.4, 0.5) is 0 Å². The molecule has 0 atom stereocenters. The van der Waals surface area contributed by atoms with Gasteiger partial charge in [0.2, 0.25) is 0 Å². The van der Waals surface area contributed by atoms with Gasteiger partial charge in [-0.2, -0.15) is 0 Å². The summed E-state index contributed by atoms with van der Waals surface area (Å²) >= 11 is 3.52. The second kappa shape index (κ2) is 15.4. The molecule has 6 rings (SSSR count). The van der Waals surface area contributed by atoms with Crippen LogP contribution >= 0.6 is 22.7 Å². The topological polar surface area (TPSA) is 96.3 Å². The Morgan fingerprint density at radius 3 is 1.61 bits per heavy atom. The van der Waals surface area contributed by atoms with Crippen LogP contribution in [0.15, 0.2) is 60.7 Å². The first-order chi connectivity index (χ1) is 18.9. The molecule has 4 heterocycles. The van der Waals surface area contributed by atoms with Gasteiger partial charge in [-0.3, -0.25) is 0 Å². The number of aromatic nitrogens is 2. The van der Waals surface area contributed by atoms with Crippen LogP contribution in [0.2, 0.25) is 0 Å². The van der Waals surface area contributed by atoms with Crippen LogP contribution in [0.5, 0.6) is 0 Å². The Balaban J connectivity index is 0.000000274. The van der Waals surface area contributed by atoms with Gasteiger partial charge in [-0.05, 0) is 39.5 Å². The van der Waals surface area contributed by atoms with Gasteiger partial charge < -0.3 is 22.4 Å². The van der Waals surface area contributed by atoms with Crippen LogP contribution in [-0.2, 0) is 20.4 Å². The molecule has 214 valence electrons. The molecule has 0 spiro atoms. The van der Waals surface area contributed by atoms with Gasteiger partial charge in [-0.25, -0.2) is 9.97 Å². The summed E-state index contributed by atoms with van der Waals surface area (Å²) in [5, 5.41) is 2.23. The standard InChI is InChI=1S/C16H20N2OS.C15H18N2OS.Al.Li.4H/c1-12-14(13-5-3-2-4-6-13)18-15(20-12)16(11-17)7-9-19-10-8-16;1-11-13(12-5-3-2-4-6-12)17-14(19-11)15(16)7-9-18-10-8-15;;;;;;/h2-6H,7-11,17H2,1H3;2-6H,7-10,16H2,1H3;;;;;;/q;;;+1;;;;-1. The van der Waals surface area contributed by atoms with Gasteiger partial charge >= 0.3 is 18.9 Å². The minimum Gasteiger partial charge on any atom is -1.00 e. The molecule has 0 amide bonds. The molecule has 10 heteroatoms. The molecule has 6 nitrogen and oxygen atoms in total. The summed E-state index contributed by atoms with van der Waals surface area (Å²) in [5.74, 6) is 0. The van der Waals surface area contributed by atoms with Crippen molar-refractivity contribution in [1.29, 1.82) is 0 Å². The average molecular weight is 601 g/mol. The van der Waals surface area contributed by atoms with Crippen molar-refractivity contribution < 1.29 is 29.8 Å². The maximum absolute atomic E-state index is 6.51. The summed E-state index contributed by atoms with van der Waals surface area (Å²) in [6.07, 6.45) is 3.66. The Morgan fingerprint density at radius 2 is 1.15 bits per heavy atom. The Morgan fingerprint density at radius 1 is 0.732 bits per heavy atom. The minimum absolute atomic E-state index is 0. The number of hydrogen-bond acceptors (Lipinski definition) is 8. The summed E-state index contributed by atoms with van der Waals surface area (Å²) in [6.45, 7) is 7.95.